The third kappa shape index (κ3) is 2.73. The fourth-order valence-electron chi connectivity index (χ4n) is 4.48. The van der Waals surface area contributed by atoms with E-state index in [-0.39, 0.29) is 18.6 Å². The van der Waals surface area contributed by atoms with Gasteiger partial charge in [-0.1, -0.05) is 30.3 Å². The Morgan fingerprint density at radius 3 is 2.83 bits per heavy atom. The number of rotatable bonds is 3. The van der Waals surface area contributed by atoms with Gasteiger partial charge in [-0.25, -0.2) is 4.79 Å². The topological polar surface area (TPSA) is 80.9 Å². The number of alkyl halides is 1. The van der Waals surface area contributed by atoms with Crippen LogP contribution in [0.2, 0.25) is 0 Å². The van der Waals surface area contributed by atoms with E-state index in [9.17, 15) is 9.59 Å². The number of nitrogens with zero attached hydrogens (tertiary/aromatic N) is 1. The summed E-state index contributed by atoms with van der Waals surface area (Å²) >= 11 is 5.96. The highest BCUT2D eigenvalue weighted by molar-refractivity contribution is 6.27. The molecular formula is C22H19ClN2O5. The van der Waals surface area contributed by atoms with Crippen molar-refractivity contribution < 1.29 is 23.8 Å². The number of esters is 1. The van der Waals surface area contributed by atoms with Crippen molar-refractivity contribution in [2.75, 3.05) is 19.8 Å². The van der Waals surface area contributed by atoms with E-state index in [2.05, 4.69) is 4.98 Å². The molecule has 1 aromatic heterocycles. The zero-order chi connectivity index (χ0) is 20.8. The van der Waals surface area contributed by atoms with Crippen LogP contribution in [0.5, 0.6) is 11.5 Å². The molecular weight excluding hydrogens is 408 g/mol. The number of halogens is 1. The van der Waals surface area contributed by atoms with Crippen LogP contribution in [0.1, 0.15) is 22.9 Å². The minimum Gasteiger partial charge on any atom is -0.467 e. The SMILES string of the molecule is COC(=O)[C@H]1Cc2c([nH]c3ccccc23)[C@H](c2cccc3c2OCO3)N1C(=O)CCl. The zero-order valence-corrected chi connectivity index (χ0v) is 16.9. The quantitative estimate of drug-likeness (QED) is 0.514. The Bertz CT molecular complexity index is 1160. The number of para-hydroxylation sites is 2. The molecule has 0 spiro atoms. The monoisotopic (exact) mass is 426 g/mol. The molecule has 0 unspecified atom stereocenters. The highest BCUT2D eigenvalue weighted by atomic mass is 35.5. The van der Waals surface area contributed by atoms with Gasteiger partial charge in [0.15, 0.2) is 11.5 Å². The number of hydrogen-bond acceptors (Lipinski definition) is 5. The van der Waals surface area contributed by atoms with E-state index in [1.807, 2.05) is 42.5 Å². The Balaban J connectivity index is 1.79. The van der Waals surface area contributed by atoms with Crippen molar-refractivity contribution in [3.8, 4) is 11.5 Å². The summed E-state index contributed by atoms with van der Waals surface area (Å²) < 4.78 is 16.3. The van der Waals surface area contributed by atoms with Gasteiger partial charge in [0.2, 0.25) is 12.7 Å². The molecule has 0 saturated carbocycles. The number of aromatic nitrogens is 1. The maximum absolute atomic E-state index is 13.0. The van der Waals surface area contributed by atoms with Crippen molar-refractivity contribution in [2.45, 2.75) is 18.5 Å². The number of aromatic amines is 1. The van der Waals surface area contributed by atoms with E-state index >= 15 is 0 Å². The number of nitrogens with one attached hydrogen (secondary N) is 1. The van der Waals surface area contributed by atoms with Gasteiger partial charge >= 0.3 is 5.97 Å². The van der Waals surface area contributed by atoms with Gasteiger partial charge in [-0.15, -0.1) is 11.6 Å². The summed E-state index contributed by atoms with van der Waals surface area (Å²) in [7, 11) is 1.32. The lowest BCUT2D eigenvalue weighted by molar-refractivity contribution is -0.154. The first-order valence-corrected chi connectivity index (χ1v) is 10.1. The van der Waals surface area contributed by atoms with Crippen LogP contribution in [0.4, 0.5) is 0 Å². The van der Waals surface area contributed by atoms with Crippen molar-refractivity contribution >= 4 is 34.4 Å². The molecule has 0 fully saturated rings. The molecule has 3 aromatic rings. The Morgan fingerprint density at radius 1 is 1.20 bits per heavy atom. The number of fused-ring (bicyclic) bond motifs is 4. The van der Waals surface area contributed by atoms with Crippen LogP contribution in [0.25, 0.3) is 10.9 Å². The Labute approximate surface area is 177 Å². The zero-order valence-electron chi connectivity index (χ0n) is 16.2. The first-order chi connectivity index (χ1) is 14.6. The molecule has 1 N–H and O–H groups in total. The minimum atomic E-state index is -0.809. The summed E-state index contributed by atoms with van der Waals surface area (Å²) in [5, 5.41) is 1.01. The fraction of sp³-hybridized carbons (Fsp3) is 0.273. The van der Waals surface area contributed by atoms with Crippen LogP contribution in [-0.2, 0) is 20.7 Å². The number of H-pyrrole nitrogens is 1. The molecule has 0 saturated heterocycles. The summed E-state index contributed by atoms with van der Waals surface area (Å²) in [6, 6.07) is 12.0. The first kappa shape index (κ1) is 18.8. The summed E-state index contributed by atoms with van der Waals surface area (Å²) in [6.07, 6.45) is 0.331. The smallest absolute Gasteiger partial charge is 0.328 e. The van der Waals surface area contributed by atoms with Gasteiger partial charge in [-0.3, -0.25) is 4.79 Å². The number of carbonyl (C=O) groups excluding carboxylic acids is 2. The van der Waals surface area contributed by atoms with Gasteiger partial charge in [0.1, 0.15) is 18.0 Å². The van der Waals surface area contributed by atoms with E-state index < -0.39 is 18.1 Å². The second-order valence-electron chi connectivity index (χ2n) is 7.22. The van der Waals surface area contributed by atoms with Gasteiger partial charge < -0.3 is 24.1 Å². The van der Waals surface area contributed by atoms with Gasteiger partial charge in [0.25, 0.3) is 0 Å². The second-order valence-corrected chi connectivity index (χ2v) is 7.49. The lowest BCUT2D eigenvalue weighted by atomic mass is 9.87. The number of hydrogen-bond donors (Lipinski definition) is 1. The van der Waals surface area contributed by atoms with Crippen LogP contribution >= 0.6 is 11.6 Å². The van der Waals surface area contributed by atoms with Crippen molar-refractivity contribution in [2.24, 2.45) is 0 Å². The van der Waals surface area contributed by atoms with E-state index in [1.54, 1.807) is 0 Å². The molecule has 7 nitrogen and oxygen atoms in total. The molecule has 1 amide bonds. The molecule has 2 aliphatic heterocycles. The van der Waals surface area contributed by atoms with E-state index in [0.717, 1.165) is 27.7 Å². The van der Waals surface area contributed by atoms with Crippen LogP contribution in [0, 0.1) is 0 Å². The number of methoxy groups -OCH3 is 1. The summed E-state index contributed by atoms with van der Waals surface area (Å²) in [4.78, 5) is 30.7. The average molecular weight is 427 g/mol. The largest absolute Gasteiger partial charge is 0.467 e. The lowest BCUT2D eigenvalue weighted by Gasteiger charge is -2.40. The molecule has 0 aliphatic carbocycles. The minimum absolute atomic E-state index is 0.0997. The Morgan fingerprint density at radius 2 is 2.03 bits per heavy atom. The van der Waals surface area contributed by atoms with Crippen molar-refractivity contribution in [3.05, 3.63) is 59.3 Å². The molecule has 0 bridgehead atoms. The molecule has 8 heteroatoms. The van der Waals surface area contributed by atoms with E-state index in [1.165, 1.54) is 12.0 Å². The van der Waals surface area contributed by atoms with Crippen LogP contribution < -0.4 is 9.47 Å². The molecule has 2 aromatic carbocycles. The number of carbonyl (C=O) groups is 2. The van der Waals surface area contributed by atoms with Crippen LogP contribution in [0.15, 0.2) is 42.5 Å². The number of benzene rings is 2. The number of ether oxygens (including phenoxy) is 3. The predicted molar refractivity (Wildman–Crippen MR) is 110 cm³/mol. The molecule has 0 radical (unpaired) electrons. The van der Waals surface area contributed by atoms with Crippen LogP contribution in [0.3, 0.4) is 0 Å². The summed E-state index contributed by atoms with van der Waals surface area (Å²) in [5.74, 6) is 0.0528. The predicted octanol–water partition coefficient (Wildman–Crippen LogP) is 3.15. The van der Waals surface area contributed by atoms with Crippen molar-refractivity contribution in [1.29, 1.82) is 0 Å². The van der Waals surface area contributed by atoms with Crippen molar-refractivity contribution in [3.63, 3.8) is 0 Å². The Kier molecular flexibility index (Phi) is 4.55. The van der Waals surface area contributed by atoms with Gasteiger partial charge in [-0.2, -0.15) is 0 Å². The number of amides is 1. The second kappa shape index (κ2) is 7.25. The summed E-state index contributed by atoms with van der Waals surface area (Å²) in [6.45, 7) is 0.0997. The molecule has 5 rings (SSSR count). The molecule has 2 aliphatic rings. The molecule has 3 heterocycles. The fourth-order valence-corrected chi connectivity index (χ4v) is 4.62. The third-order valence-corrected chi connectivity index (χ3v) is 5.96. The van der Waals surface area contributed by atoms with Crippen molar-refractivity contribution in [1.82, 2.24) is 9.88 Å². The molecule has 30 heavy (non-hydrogen) atoms. The van der Waals surface area contributed by atoms with Gasteiger partial charge in [0.05, 0.1) is 7.11 Å². The Hall–Kier alpha value is -3.19. The standard InChI is InChI=1S/C22H19ClN2O5/c1-28-22(27)16-9-14-12-5-2-3-7-15(12)24-19(14)20(25(16)18(26)10-23)13-6-4-8-17-21(13)30-11-29-17/h2-8,16,20,24H,9-11H2,1H3/t16-,20+/m1/s1. The first-order valence-electron chi connectivity index (χ1n) is 9.57. The van der Waals surface area contributed by atoms with E-state index in [0.29, 0.717) is 17.9 Å². The van der Waals surface area contributed by atoms with Crippen LogP contribution in [-0.4, -0.2) is 47.6 Å². The highest BCUT2D eigenvalue weighted by Gasteiger charge is 2.45. The summed E-state index contributed by atoms with van der Waals surface area (Å²) in [5.41, 5.74) is 3.46. The maximum atomic E-state index is 13.0. The highest BCUT2D eigenvalue weighted by Crippen LogP contribution is 2.47. The lowest BCUT2D eigenvalue weighted by Crippen LogP contribution is -2.52. The molecule has 2 atom stereocenters. The average Bonchev–Trinajstić information content (AvgIpc) is 3.41. The van der Waals surface area contributed by atoms with Gasteiger partial charge in [-0.05, 0) is 17.7 Å². The maximum Gasteiger partial charge on any atom is 0.328 e. The third-order valence-electron chi connectivity index (χ3n) is 5.73. The normalized spacial score (nSPS) is 19.6. The van der Waals surface area contributed by atoms with Gasteiger partial charge in [0, 0.05) is 28.6 Å². The van der Waals surface area contributed by atoms with E-state index in [4.69, 9.17) is 25.8 Å². The molecule has 154 valence electrons.